The number of carbonyl (C=O) groups is 1. The highest BCUT2D eigenvalue weighted by molar-refractivity contribution is 7.15. The first kappa shape index (κ1) is 20.0. The van der Waals surface area contributed by atoms with Gasteiger partial charge in [0, 0.05) is 12.0 Å². The van der Waals surface area contributed by atoms with Crippen LogP contribution < -0.4 is 19.5 Å². The Morgan fingerprint density at radius 3 is 2.31 bits per heavy atom. The summed E-state index contributed by atoms with van der Waals surface area (Å²) >= 11 is 1.40. The zero-order valence-corrected chi connectivity index (χ0v) is 16.4. The molecule has 0 aliphatic heterocycles. The second kappa shape index (κ2) is 9.96. The Balaban J connectivity index is 2.07. The summed E-state index contributed by atoms with van der Waals surface area (Å²) in [4.78, 5) is 12.5. The lowest BCUT2D eigenvalue weighted by atomic mass is 10.1. The van der Waals surface area contributed by atoms with E-state index in [9.17, 15) is 4.79 Å². The number of carbonyl (C=O) groups excluding carboxylic acids is 1. The summed E-state index contributed by atoms with van der Waals surface area (Å²) in [7, 11) is 4.53. The predicted molar refractivity (Wildman–Crippen MR) is 102 cm³/mol. The molecule has 0 saturated heterocycles. The minimum absolute atomic E-state index is 0.307. The molecule has 26 heavy (non-hydrogen) atoms. The van der Waals surface area contributed by atoms with Crippen LogP contribution >= 0.6 is 11.3 Å². The summed E-state index contributed by atoms with van der Waals surface area (Å²) in [5, 5.41) is 12.4. The number of hydrogen-bond acceptors (Lipinski definition) is 7. The first-order valence-electron chi connectivity index (χ1n) is 8.56. The lowest BCUT2D eigenvalue weighted by molar-refractivity contribution is 0.102. The van der Waals surface area contributed by atoms with E-state index in [0.717, 1.165) is 17.8 Å². The number of aromatic nitrogens is 2. The van der Waals surface area contributed by atoms with Crippen molar-refractivity contribution in [1.29, 1.82) is 0 Å². The van der Waals surface area contributed by atoms with E-state index < -0.39 is 0 Å². The van der Waals surface area contributed by atoms with E-state index in [1.54, 1.807) is 12.1 Å². The highest BCUT2D eigenvalue weighted by Gasteiger charge is 2.18. The van der Waals surface area contributed by atoms with Gasteiger partial charge in [0.25, 0.3) is 5.91 Å². The zero-order chi connectivity index (χ0) is 18.9. The van der Waals surface area contributed by atoms with E-state index >= 15 is 0 Å². The van der Waals surface area contributed by atoms with E-state index in [1.807, 2.05) is 0 Å². The largest absolute Gasteiger partial charge is 0.493 e. The SMILES string of the molecule is CCCCCCc1nnc(NC(=O)c2cc(OC)c(OC)c(OC)c2)s1. The molecule has 0 atom stereocenters. The molecule has 0 spiro atoms. The number of anilines is 1. The summed E-state index contributed by atoms with van der Waals surface area (Å²) in [6.07, 6.45) is 5.58. The number of amides is 1. The minimum atomic E-state index is -0.307. The number of aryl methyl sites for hydroxylation is 1. The Bertz CT molecular complexity index is 708. The van der Waals surface area contributed by atoms with Crippen LogP contribution in [-0.2, 0) is 6.42 Å². The van der Waals surface area contributed by atoms with Crippen molar-refractivity contribution < 1.29 is 19.0 Å². The van der Waals surface area contributed by atoms with Crippen LogP contribution in [0.1, 0.15) is 48.0 Å². The monoisotopic (exact) mass is 379 g/mol. The Morgan fingerprint density at radius 1 is 1.04 bits per heavy atom. The van der Waals surface area contributed by atoms with Gasteiger partial charge in [-0.25, -0.2) is 0 Å². The molecular weight excluding hydrogens is 354 g/mol. The number of benzene rings is 1. The Labute approximate surface area is 157 Å². The van der Waals surface area contributed by atoms with E-state index in [4.69, 9.17) is 14.2 Å². The molecule has 0 radical (unpaired) electrons. The fourth-order valence-corrected chi connectivity index (χ4v) is 3.27. The highest BCUT2D eigenvalue weighted by atomic mass is 32.1. The van der Waals surface area contributed by atoms with E-state index in [0.29, 0.717) is 27.9 Å². The Morgan fingerprint density at radius 2 is 1.73 bits per heavy atom. The van der Waals surface area contributed by atoms with Crippen molar-refractivity contribution in [3.63, 3.8) is 0 Å². The Hall–Kier alpha value is -2.35. The van der Waals surface area contributed by atoms with Gasteiger partial charge in [-0.3, -0.25) is 10.1 Å². The van der Waals surface area contributed by atoms with Crippen LogP contribution in [0.5, 0.6) is 17.2 Å². The molecule has 2 rings (SSSR count). The number of nitrogens with one attached hydrogen (secondary N) is 1. The summed E-state index contributed by atoms with van der Waals surface area (Å²) in [5.74, 6) is 0.978. The van der Waals surface area contributed by atoms with E-state index in [2.05, 4.69) is 22.4 Å². The lowest BCUT2D eigenvalue weighted by Gasteiger charge is -2.13. The van der Waals surface area contributed by atoms with Gasteiger partial charge in [0.05, 0.1) is 21.3 Å². The molecule has 0 fully saturated rings. The van der Waals surface area contributed by atoms with Gasteiger partial charge in [-0.2, -0.15) is 0 Å². The highest BCUT2D eigenvalue weighted by Crippen LogP contribution is 2.38. The van der Waals surface area contributed by atoms with Crippen LogP contribution in [0.4, 0.5) is 5.13 Å². The van der Waals surface area contributed by atoms with Crippen LogP contribution in [-0.4, -0.2) is 37.4 Å². The molecule has 0 unspecified atom stereocenters. The van der Waals surface area contributed by atoms with Gasteiger partial charge in [-0.15, -0.1) is 10.2 Å². The van der Waals surface area contributed by atoms with E-state index in [-0.39, 0.29) is 5.91 Å². The van der Waals surface area contributed by atoms with Crippen molar-refractivity contribution in [1.82, 2.24) is 10.2 Å². The maximum Gasteiger partial charge on any atom is 0.257 e. The third-order valence-electron chi connectivity index (χ3n) is 3.86. The molecule has 1 aromatic carbocycles. The van der Waals surface area contributed by atoms with Crippen LogP contribution in [0.3, 0.4) is 0 Å². The fourth-order valence-electron chi connectivity index (χ4n) is 2.49. The molecule has 0 aliphatic carbocycles. The van der Waals surface area contributed by atoms with Crippen molar-refractivity contribution in [3.05, 3.63) is 22.7 Å². The molecule has 2 aromatic rings. The summed E-state index contributed by atoms with van der Waals surface area (Å²) in [6, 6.07) is 3.20. The number of unbranched alkanes of at least 4 members (excludes halogenated alkanes) is 3. The summed E-state index contributed by atoms with van der Waals surface area (Å²) in [5.41, 5.74) is 0.388. The minimum Gasteiger partial charge on any atom is -0.493 e. The first-order chi connectivity index (χ1) is 12.6. The van der Waals surface area contributed by atoms with Gasteiger partial charge < -0.3 is 14.2 Å². The maximum absolute atomic E-state index is 12.5. The predicted octanol–water partition coefficient (Wildman–Crippen LogP) is 3.94. The molecular formula is C18H25N3O4S. The summed E-state index contributed by atoms with van der Waals surface area (Å²) < 4.78 is 15.8. The van der Waals surface area contributed by atoms with Gasteiger partial charge in [-0.1, -0.05) is 37.5 Å². The van der Waals surface area contributed by atoms with Gasteiger partial charge in [0.2, 0.25) is 10.9 Å². The van der Waals surface area contributed by atoms with Gasteiger partial charge in [0.1, 0.15) is 5.01 Å². The van der Waals surface area contributed by atoms with Crippen LogP contribution in [0.25, 0.3) is 0 Å². The molecule has 1 aromatic heterocycles. The zero-order valence-electron chi connectivity index (χ0n) is 15.6. The second-order valence-corrected chi connectivity index (χ2v) is 6.74. The van der Waals surface area contributed by atoms with Crippen molar-refractivity contribution in [2.24, 2.45) is 0 Å². The smallest absolute Gasteiger partial charge is 0.257 e. The van der Waals surface area contributed by atoms with Gasteiger partial charge in [0.15, 0.2) is 11.5 Å². The van der Waals surface area contributed by atoms with Gasteiger partial charge in [-0.05, 0) is 18.6 Å². The van der Waals surface area contributed by atoms with Crippen molar-refractivity contribution in [3.8, 4) is 17.2 Å². The average molecular weight is 379 g/mol. The third kappa shape index (κ3) is 5.08. The maximum atomic E-state index is 12.5. The first-order valence-corrected chi connectivity index (χ1v) is 9.38. The lowest BCUT2D eigenvalue weighted by Crippen LogP contribution is -2.12. The fraction of sp³-hybridized carbons (Fsp3) is 0.500. The molecule has 1 N–H and O–H groups in total. The summed E-state index contributed by atoms with van der Waals surface area (Å²) in [6.45, 7) is 2.18. The number of methoxy groups -OCH3 is 3. The number of rotatable bonds is 10. The van der Waals surface area contributed by atoms with Crippen LogP contribution in [0, 0.1) is 0 Å². The average Bonchev–Trinajstić information content (AvgIpc) is 3.11. The molecule has 0 saturated carbocycles. The molecule has 7 nitrogen and oxygen atoms in total. The van der Waals surface area contributed by atoms with Crippen molar-refractivity contribution in [2.45, 2.75) is 39.0 Å². The topological polar surface area (TPSA) is 82.6 Å². The number of ether oxygens (including phenoxy) is 3. The normalized spacial score (nSPS) is 10.5. The quantitative estimate of drug-likeness (QED) is 0.630. The molecule has 8 heteroatoms. The molecule has 0 aliphatic rings. The standard InChI is InChI=1S/C18H25N3O4S/c1-5-6-7-8-9-15-20-21-18(26-15)19-17(22)12-10-13(23-2)16(25-4)14(11-12)24-3/h10-11H,5-9H2,1-4H3,(H,19,21,22). The van der Waals surface area contributed by atoms with Crippen LogP contribution in [0.15, 0.2) is 12.1 Å². The molecule has 142 valence electrons. The third-order valence-corrected chi connectivity index (χ3v) is 4.76. The van der Waals surface area contributed by atoms with Crippen molar-refractivity contribution >= 4 is 22.4 Å². The molecule has 0 bridgehead atoms. The van der Waals surface area contributed by atoms with E-state index in [1.165, 1.54) is 51.9 Å². The molecule has 1 amide bonds. The number of hydrogen-bond donors (Lipinski definition) is 1. The van der Waals surface area contributed by atoms with Crippen LogP contribution in [0.2, 0.25) is 0 Å². The second-order valence-electron chi connectivity index (χ2n) is 5.68. The number of nitrogens with zero attached hydrogens (tertiary/aromatic N) is 2. The Kier molecular flexibility index (Phi) is 7.65. The van der Waals surface area contributed by atoms with Gasteiger partial charge >= 0.3 is 0 Å². The van der Waals surface area contributed by atoms with Crippen molar-refractivity contribution in [2.75, 3.05) is 26.6 Å². The molecule has 1 heterocycles.